The van der Waals surface area contributed by atoms with E-state index in [4.69, 9.17) is 0 Å². The zero-order chi connectivity index (χ0) is 8.53. The van der Waals surface area contributed by atoms with E-state index >= 15 is 0 Å². The van der Waals surface area contributed by atoms with Gasteiger partial charge in [-0.25, -0.2) is 0 Å². The molecule has 0 saturated carbocycles. The van der Waals surface area contributed by atoms with Gasteiger partial charge in [-0.2, -0.15) is 0 Å². The van der Waals surface area contributed by atoms with E-state index < -0.39 is 0 Å². The van der Waals surface area contributed by atoms with Crippen molar-refractivity contribution in [3.05, 3.63) is 6.42 Å². The SMILES string of the molecule is C[CH]CCC(C)CCCCC. The predicted octanol–water partition coefficient (Wildman–Crippen LogP) is 4.21. The first-order valence-electron chi connectivity index (χ1n) is 5.09. The van der Waals surface area contributed by atoms with E-state index in [2.05, 4.69) is 27.2 Å². The van der Waals surface area contributed by atoms with E-state index in [-0.39, 0.29) is 0 Å². The minimum absolute atomic E-state index is 0.942. The van der Waals surface area contributed by atoms with Crippen LogP contribution < -0.4 is 0 Å². The molecule has 0 aromatic heterocycles. The molecule has 67 valence electrons. The Balaban J connectivity index is 3.02. The molecule has 0 aliphatic rings. The van der Waals surface area contributed by atoms with Gasteiger partial charge < -0.3 is 0 Å². The quantitative estimate of drug-likeness (QED) is 0.483. The highest BCUT2D eigenvalue weighted by Crippen LogP contribution is 2.15. The van der Waals surface area contributed by atoms with Crippen LogP contribution in [-0.2, 0) is 0 Å². The van der Waals surface area contributed by atoms with Gasteiger partial charge in [-0.15, -0.1) is 0 Å². The van der Waals surface area contributed by atoms with Crippen LogP contribution >= 0.6 is 0 Å². The Labute approximate surface area is 72.4 Å². The maximum atomic E-state index is 2.37. The summed E-state index contributed by atoms with van der Waals surface area (Å²) in [4.78, 5) is 0. The van der Waals surface area contributed by atoms with Crippen molar-refractivity contribution >= 4 is 0 Å². The lowest BCUT2D eigenvalue weighted by Crippen LogP contribution is -1.94. The van der Waals surface area contributed by atoms with Gasteiger partial charge >= 0.3 is 0 Å². The Kier molecular flexibility index (Phi) is 8.10. The summed E-state index contributed by atoms with van der Waals surface area (Å²) < 4.78 is 0. The molecule has 0 rings (SSSR count). The summed E-state index contributed by atoms with van der Waals surface area (Å²) in [7, 11) is 0. The van der Waals surface area contributed by atoms with Gasteiger partial charge in [-0.1, -0.05) is 59.3 Å². The van der Waals surface area contributed by atoms with Crippen molar-refractivity contribution in [1.29, 1.82) is 0 Å². The molecule has 0 bridgehead atoms. The third-order valence-corrected chi connectivity index (χ3v) is 2.25. The number of hydrogen-bond acceptors (Lipinski definition) is 0. The lowest BCUT2D eigenvalue weighted by molar-refractivity contribution is 0.462. The molecule has 0 aromatic rings. The molecule has 0 heterocycles. The van der Waals surface area contributed by atoms with Gasteiger partial charge in [0.15, 0.2) is 0 Å². The molecule has 0 saturated heterocycles. The number of rotatable bonds is 7. The highest BCUT2D eigenvalue weighted by molar-refractivity contribution is 4.60. The van der Waals surface area contributed by atoms with Gasteiger partial charge in [0.1, 0.15) is 0 Å². The van der Waals surface area contributed by atoms with Crippen molar-refractivity contribution in [3.63, 3.8) is 0 Å². The van der Waals surface area contributed by atoms with Crippen LogP contribution in [0, 0.1) is 12.3 Å². The van der Waals surface area contributed by atoms with Crippen LogP contribution in [0.2, 0.25) is 0 Å². The molecule has 0 fully saturated rings. The molecule has 0 aromatic carbocycles. The van der Waals surface area contributed by atoms with Crippen LogP contribution in [0.25, 0.3) is 0 Å². The molecular weight excluding hydrogens is 132 g/mol. The van der Waals surface area contributed by atoms with Crippen LogP contribution in [0.5, 0.6) is 0 Å². The second kappa shape index (κ2) is 8.10. The fourth-order valence-corrected chi connectivity index (χ4v) is 1.34. The Hall–Kier alpha value is 0. The molecule has 1 unspecified atom stereocenters. The summed E-state index contributed by atoms with van der Waals surface area (Å²) in [6.45, 7) is 6.79. The zero-order valence-corrected chi connectivity index (χ0v) is 8.40. The van der Waals surface area contributed by atoms with Crippen molar-refractivity contribution in [2.75, 3.05) is 0 Å². The third kappa shape index (κ3) is 7.90. The summed E-state index contributed by atoms with van der Waals surface area (Å²) in [6, 6.07) is 0. The van der Waals surface area contributed by atoms with Gasteiger partial charge in [0.25, 0.3) is 0 Å². The average Bonchev–Trinajstić information content (AvgIpc) is 2.01. The maximum absolute atomic E-state index is 2.37. The van der Waals surface area contributed by atoms with E-state index in [0.29, 0.717) is 0 Å². The second-order valence-electron chi connectivity index (χ2n) is 3.59. The first-order chi connectivity index (χ1) is 5.31. The molecular formula is C11H23. The average molecular weight is 155 g/mol. The van der Waals surface area contributed by atoms with Crippen LogP contribution in [0.15, 0.2) is 0 Å². The minimum Gasteiger partial charge on any atom is -0.0654 e. The van der Waals surface area contributed by atoms with E-state index in [1.54, 1.807) is 0 Å². The smallest absolute Gasteiger partial charge is 0.0417 e. The van der Waals surface area contributed by atoms with Gasteiger partial charge in [-0.05, 0) is 12.3 Å². The van der Waals surface area contributed by atoms with Crippen LogP contribution in [0.1, 0.15) is 59.3 Å². The summed E-state index contributed by atoms with van der Waals surface area (Å²) in [6.07, 6.45) is 10.6. The standard InChI is InChI=1S/C11H23/c1-4-6-8-10-11(3)9-7-5-2/h5,11H,4,6-10H2,1-3H3. The zero-order valence-electron chi connectivity index (χ0n) is 8.40. The molecule has 0 aliphatic heterocycles. The lowest BCUT2D eigenvalue weighted by atomic mass is 9.98. The minimum atomic E-state index is 0.942. The molecule has 0 nitrogen and oxygen atoms in total. The van der Waals surface area contributed by atoms with Crippen molar-refractivity contribution in [2.24, 2.45) is 5.92 Å². The topological polar surface area (TPSA) is 0 Å². The van der Waals surface area contributed by atoms with Crippen LogP contribution in [-0.4, -0.2) is 0 Å². The monoisotopic (exact) mass is 155 g/mol. The Bertz CT molecular complexity index is 66.4. The van der Waals surface area contributed by atoms with Crippen LogP contribution in [0.3, 0.4) is 0 Å². The van der Waals surface area contributed by atoms with Gasteiger partial charge in [0.2, 0.25) is 0 Å². The van der Waals surface area contributed by atoms with Crippen molar-refractivity contribution < 1.29 is 0 Å². The fraction of sp³-hybridized carbons (Fsp3) is 0.909. The summed E-state index contributed by atoms with van der Waals surface area (Å²) in [5, 5.41) is 0. The van der Waals surface area contributed by atoms with Crippen LogP contribution in [0.4, 0.5) is 0 Å². The first-order valence-corrected chi connectivity index (χ1v) is 5.09. The number of unbranched alkanes of at least 4 members (excludes halogenated alkanes) is 3. The van der Waals surface area contributed by atoms with E-state index in [9.17, 15) is 0 Å². The highest BCUT2D eigenvalue weighted by atomic mass is 14.1. The van der Waals surface area contributed by atoms with Crippen molar-refractivity contribution in [1.82, 2.24) is 0 Å². The van der Waals surface area contributed by atoms with E-state index in [1.165, 1.54) is 38.5 Å². The number of hydrogen-bond donors (Lipinski definition) is 0. The van der Waals surface area contributed by atoms with Gasteiger partial charge in [0.05, 0.1) is 0 Å². The molecule has 0 aliphatic carbocycles. The highest BCUT2D eigenvalue weighted by Gasteiger charge is 1.99. The maximum Gasteiger partial charge on any atom is -0.0417 e. The first kappa shape index (κ1) is 11.0. The largest absolute Gasteiger partial charge is 0.0654 e. The third-order valence-electron chi connectivity index (χ3n) is 2.25. The summed E-state index contributed by atoms with van der Waals surface area (Å²) in [5.41, 5.74) is 0. The Morgan fingerprint density at radius 2 is 1.91 bits per heavy atom. The second-order valence-corrected chi connectivity index (χ2v) is 3.59. The molecule has 0 spiro atoms. The van der Waals surface area contributed by atoms with Crippen molar-refractivity contribution in [2.45, 2.75) is 59.3 Å². The predicted molar refractivity (Wildman–Crippen MR) is 52.5 cm³/mol. The van der Waals surface area contributed by atoms with E-state index in [0.717, 1.165) is 5.92 Å². The molecule has 11 heavy (non-hydrogen) atoms. The summed E-state index contributed by atoms with van der Waals surface area (Å²) >= 11 is 0. The Morgan fingerprint density at radius 1 is 1.18 bits per heavy atom. The van der Waals surface area contributed by atoms with E-state index in [1.807, 2.05) is 0 Å². The fourth-order valence-electron chi connectivity index (χ4n) is 1.34. The Morgan fingerprint density at radius 3 is 2.45 bits per heavy atom. The van der Waals surface area contributed by atoms with Gasteiger partial charge in [-0.3, -0.25) is 0 Å². The molecule has 1 radical (unpaired) electrons. The van der Waals surface area contributed by atoms with Crippen molar-refractivity contribution in [3.8, 4) is 0 Å². The lowest BCUT2D eigenvalue weighted by Gasteiger charge is -2.08. The molecule has 0 N–H and O–H groups in total. The summed E-state index contributed by atoms with van der Waals surface area (Å²) in [5.74, 6) is 0.942. The molecule has 0 amide bonds. The van der Waals surface area contributed by atoms with Gasteiger partial charge in [0, 0.05) is 0 Å². The normalized spacial score (nSPS) is 13.4. The molecule has 0 heteroatoms. The molecule has 1 atom stereocenters.